The summed E-state index contributed by atoms with van der Waals surface area (Å²) in [4.78, 5) is 15.3. The molecule has 5 heteroatoms. The molecule has 1 aliphatic carbocycles. The number of halogens is 1. The lowest BCUT2D eigenvalue weighted by molar-refractivity contribution is 0.0697. The molecule has 4 nitrogen and oxygen atoms in total. The third-order valence-corrected chi connectivity index (χ3v) is 4.33. The molecular weight excluding hydrogens is 264 g/mol. The SMILES string of the molecule is CC1CCCC(Nc2nc(Cl)ccc2C(=O)O)C1C. The van der Waals surface area contributed by atoms with Gasteiger partial charge in [0.1, 0.15) is 16.5 Å². The molecular formula is C14H19ClN2O2. The van der Waals surface area contributed by atoms with Crippen molar-refractivity contribution in [2.75, 3.05) is 5.32 Å². The van der Waals surface area contributed by atoms with Crippen LogP contribution in [0.4, 0.5) is 5.82 Å². The maximum Gasteiger partial charge on any atom is 0.339 e. The van der Waals surface area contributed by atoms with Gasteiger partial charge in [-0.3, -0.25) is 0 Å². The van der Waals surface area contributed by atoms with Crippen LogP contribution in [0.5, 0.6) is 0 Å². The van der Waals surface area contributed by atoms with Gasteiger partial charge in [0, 0.05) is 6.04 Å². The van der Waals surface area contributed by atoms with Crippen LogP contribution in [0.2, 0.25) is 5.15 Å². The molecule has 1 fully saturated rings. The monoisotopic (exact) mass is 282 g/mol. The number of hydrogen-bond donors (Lipinski definition) is 2. The van der Waals surface area contributed by atoms with E-state index in [9.17, 15) is 9.90 Å². The molecule has 1 aromatic heterocycles. The van der Waals surface area contributed by atoms with E-state index < -0.39 is 5.97 Å². The van der Waals surface area contributed by atoms with Crippen LogP contribution in [-0.4, -0.2) is 22.1 Å². The average Bonchev–Trinajstić information content (AvgIpc) is 2.35. The van der Waals surface area contributed by atoms with Gasteiger partial charge in [0.2, 0.25) is 0 Å². The van der Waals surface area contributed by atoms with Gasteiger partial charge < -0.3 is 10.4 Å². The van der Waals surface area contributed by atoms with Crippen LogP contribution in [0, 0.1) is 11.8 Å². The summed E-state index contributed by atoms with van der Waals surface area (Å²) in [6, 6.07) is 3.26. The predicted octanol–water partition coefficient (Wildman–Crippen LogP) is 3.67. The number of anilines is 1. The highest BCUT2D eigenvalue weighted by molar-refractivity contribution is 6.29. The highest BCUT2D eigenvalue weighted by Crippen LogP contribution is 2.32. The van der Waals surface area contributed by atoms with E-state index in [4.69, 9.17) is 11.6 Å². The van der Waals surface area contributed by atoms with Crippen LogP contribution in [-0.2, 0) is 0 Å². The number of aromatic nitrogens is 1. The Morgan fingerprint density at radius 2 is 2.16 bits per heavy atom. The zero-order valence-corrected chi connectivity index (χ0v) is 11.9. The summed E-state index contributed by atoms with van der Waals surface area (Å²) in [6.45, 7) is 4.44. The molecule has 2 N–H and O–H groups in total. The number of aromatic carboxylic acids is 1. The lowest BCUT2D eigenvalue weighted by atomic mass is 9.78. The highest BCUT2D eigenvalue weighted by atomic mass is 35.5. The molecule has 2 rings (SSSR count). The number of hydrogen-bond acceptors (Lipinski definition) is 3. The summed E-state index contributed by atoms with van der Waals surface area (Å²) in [6.07, 6.45) is 3.43. The number of nitrogens with zero attached hydrogens (tertiary/aromatic N) is 1. The maximum atomic E-state index is 11.2. The van der Waals surface area contributed by atoms with E-state index in [1.807, 2.05) is 0 Å². The van der Waals surface area contributed by atoms with Gasteiger partial charge in [-0.25, -0.2) is 9.78 Å². The fourth-order valence-corrected chi connectivity index (χ4v) is 2.83. The van der Waals surface area contributed by atoms with Gasteiger partial charge in [0.25, 0.3) is 0 Å². The Kier molecular flexibility index (Phi) is 4.30. The zero-order chi connectivity index (χ0) is 14.0. The maximum absolute atomic E-state index is 11.2. The molecule has 3 unspecified atom stereocenters. The quantitative estimate of drug-likeness (QED) is 0.831. The topological polar surface area (TPSA) is 62.2 Å². The molecule has 1 heterocycles. The number of carboxylic acids is 1. The second-order valence-corrected chi connectivity index (χ2v) is 5.74. The van der Waals surface area contributed by atoms with E-state index in [2.05, 4.69) is 24.1 Å². The Balaban J connectivity index is 2.22. The Hall–Kier alpha value is -1.29. The lowest BCUT2D eigenvalue weighted by Gasteiger charge is -2.35. The largest absolute Gasteiger partial charge is 0.478 e. The fourth-order valence-electron chi connectivity index (χ4n) is 2.68. The van der Waals surface area contributed by atoms with E-state index in [1.54, 1.807) is 0 Å². The average molecular weight is 283 g/mol. The van der Waals surface area contributed by atoms with E-state index in [0.717, 1.165) is 12.8 Å². The number of carbonyl (C=O) groups is 1. The van der Waals surface area contributed by atoms with Crippen LogP contribution in [0.25, 0.3) is 0 Å². The summed E-state index contributed by atoms with van der Waals surface area (Å²) in [5.41, 5.74) is 0.176. The number of nitrogens with one attached hydrogen (secondary N) is 1. The van der Waals surface area contributed by atoms with Gasteiger partial charge in [-0.2, -0.15) is 0 Å². The smallest absolute Gasteiger partial charge is 0.339 e. The normalized spacial score (nSPS) is 27.0. The molecule has 0 radical (unpaired) electrons. The van der Waals surface area contributed by atoms with Crippen molar-refractivity contribution in [1.29, 1.82) is 0 Å². The van der Waals surface area contributed by atoms with Crippen molar-refractivity contribution < 1.29 is 9.90 Å². The number of carboxylic acid groups (broad SMARTS) is 1. The van der Waals surface area contributed by atoms with E-state index in [1.165, 1.54) is 18.6 Å². The molecule has 19 heavy (non-hydrogen) atoms. The minimum Gasteiger partial charge on any atom is -0.478 e. The van der Waals surface area contributed by atoms with Crippen molar-refractivity contribution in [1.82, 2.24) is 4.98 Å². The summed E-state index contributed by atoms with van der Waals surface area (Å²) in [5, 5.41) is 12.8. The molecule has 1 aromatic rings. The van der Waals surface area contributed by atoms with Crippen molar-refractivity contribution in [2.45, 2.75) is 39.2 Å². The fraction of sp³-hybridized carbons (Fsp3) is 0.571. The third-order valence-electron chi connectivity index (χ3n) is 4.12. The molecule has 0 aliphatic heterocycles. The van der Waals surface area contributed by atoms with E-state index in [0.29, 0.717) is 22.8 Å². The minimum atomic E-state index is -0.983. The Morgan fingerprint density at radius 1 is 1.42 bits per heavy atom. The predicted molar refractivity (Wildman–Crippen MR) is 75.8 cm³/mol. The van der Waals surface area contributed by atoms with Crippen molar-refractivity contribution in [3.63, 3.8) is 0 Å². The summed E-state index contributed by atoms with van der Waals surface area (Å²) in [7, 11) is 0. The summed E-state index contributed by atoms with van der Waals surface area (Å²) < 4.78 is 0. The molecule has 0 amide bonds. The number of pyridine rings is 1. The first-order valence-electron chi connectivity index (χ1n) is 6.65. The van der Waals surface area contributed by atoms with Gasteiger partial charge in [0.05, 0.1) is 0 Å². The number of rotatable bonds is 3. The second kappa shape index (κ2) is 5.78. The molecule has 1 aliphatic rings. The Morgan fingerprint density at radius 3 is 2.84 bits per heavy atom. The first-order chi connectivity index (χ1) is 8.99. The molecule has 0 bridgehead atoms. The van der Waals surface area contributed by atoms with Gasteiger partial charge >= 0.3 is 5.97 Å². The van der Waals surface area contributed by atoms with Crippen LogP contribution in [0.15, 0.2) is 12.1 Å². The minimum absolute atomic E-state index is 0.176. The van der Waals surface area contributed by atoms with E-state index in [-0.39, 0.29) is 11.6 Å². The molecule has 3 atom stereocenters. The Labute approximate surface area is 118 Å². The van der Waals surface area contributed by atoms with Gasteiger partial charge in [-0.05, 0) is 30.4 Å². The highest BCUT2D eigenvalue weighted by Gasteiger charge is 2.28. The van der Waals surface area contributed by atoms with Crippen molar-refractivity contribution in [2.24, 2.45) is 11.8 Å². The van der Waals surface area contributed by atoms with Crippen LogP contribution >= 0.6 is 11.6 Å². The van der Waals surface area contributed by atoms with Crippen molar-refractivity contribution in [3.05, 3.63) is 22.8 Å². The van der Waals surface area contributed by atoms with Gasteiger partial charge in [-0.1, -0.05) is 38.3 Å². The molecule has 0 spiro atoms. The molecule has 0 aromatic carbocycles. The van der Waals surface area contributed by atoms with Crippen molar-refractivity contribution >= 4 is 23.4 Å². The van der Waals surface area contributed by atoms with Crippen LogP contribution in [0.3, 0.4) is 0 Å². The summed E-state index contributed by atoms with van der Waals surface area (Å²) >= 11 is 5.86. The summed E-state index contributed by atoms with van der Waals surface area (Å²) in [5.74, 6) is 0.531. The van der Waals surface area contributed by atoms with Gasteiger partial charge in [-0.15, -0.1) is 0 Å². The standard InChI is InChI=1S/C14H19ClN2O2/c1-8-4-3-5-11(9(8)2)16-13-10(14(18)19)6-7-12(15)17-13/h6-9,11H,3-5H2,1-2H3,(H,16,17)(H,18,19). The first-order valence-corrected chi connectivity index (χ1v) is 7.03. The first kappa shape index (κ1) is 14.1. The lowest BCUT2D eigenvalue weighted by Crippen LogP contribution is -2.35. The third kappa shape index (κ3) is 3.18. The second-order valence-electron chi connectivity index (χ2n) is 5.35. The Bertz CT molecular complexity index is 479. The van der Waals surface area contributed by atoms with Crippen LogP contribution in [0.1, 0.15) is 43.5 Å². The molecule has 104 valence electrons. The van der Waals surface area contributed by atoms with Gasteiger partial charge in [0.15, 0.2) is 0 Å². The van der Waals surface area contributed by atoms with Crippen LogP contribution < -0.4 is 5.32 Å². The molecule has 1 saturated carbocycles. The zero-order valence-electron chi connectivity index (χ0n) is 11.2. The van der Waals surface area contributed by atoms with Crippen molar-refractivity contribution in [3.8, 4) is 0 Å². The molecule has 0 saturated heterocycles. The van der Waals surface area contributed by atoms with E-state index >= 15 is 0 Å².